The molecule has 0 bridgehead atoms. The van der Waals surface area contributed by atoms with E-state index in [2.05, 4.69) is 10.7 Å². The molecule has 154 valence electrons. The van der Waals surface area contributed by atoms with Gasteiger partial charge in [0.15, 0.2) is 0 Å². The number of carbonyl (C=O) groups is 3. The van der Waals surface area contributed by atoms with E-state index in [-0.39, 0.29) is 12.8 Å². The van der Waals surface area contributed by atoms with Crippen LogP contribution in [-0.2, 0) is 20.8 Å². The Kier molecular flexibility index (Phi) is 6.32. The van der Waals surface area contributed by atoms with E-state index in [4.69, 9.17) is 5.11 Å². The number of rotatable bonds is 6. The minimum absolute atomic E-state index is 0.0944. The second-order valence-electron chi connectivity index (χ2n) is 7.08. The third-order valence-electron chi connectivity index (χ3n) is 4.53. The molecule has 0 saturated heterocycles. The lowest BCUT2D eigenvalue weighted by Crippen LogP contribution is -2.35. The molecular formula is C23H23N3O4. The van der Waals surface area contributed by atoms with E-state index in [1.165, 1.54) is 4.68 Å². The Hall–Kier alpha value is -3.87. The summed E-state index contributed by atoms with van der Waals surface area (Å²) in [5.74, 6) is -2.60. The number of nitrogens with one attached hydrogen (secondary N) is 2. The average Bonchev–Trinajstić information content (AvgIpc) is 3.08. The molecule has 7 heteroatoms. The normalized spacial score (nSPS) is 10.5. The Morgan fingerprint density at radius 3 is 2.20 bits per heavy atom. The summed E-state index contributed by atoms with van der Waals surface area (Å²) < 4.78 is 1.47. The van der Waals surface area contributed by atoms with Crippen molar-refractivity contribution in [3.8, 4) is 11.3 Å². The second kappa shape index (κ2) is 9.09. The maximum absolute atomic E-state index is 12.6. The maximum atomic E-state index is 12.6. The van der Waals surface area contributed by atoms with Crippen molar-refractivity contribution in [3.05, 3.63) is 77.5 Å². The van der Waals surface area contributed by atoms with Gasteiger partial charge in [-0.3, -0.25) is 24.5 Å². The van der Waals surface area contributed by atoms with Crippen molar-refractivity contribution in [2.75, 3.05) is 10.7 Å². The SMILES string of the molecule is Cc1cc(C)cc(NC(=O)C(=O)Nn2c(CCC(=O)O)ccc2-c2ccccc2)c1. The molecule has 0 saturated carbocycles. The summed E-state index contributed by atoms with van der Waals surface area (Å²) in [4.78, 5) is 36.0. The first-order valence-corrected chi connectivity index (χ1v) is 9.52. The van der Waals surface area contributed by atoms with Crippen LogP contribution in [0.1, 0.15) is 23.2 Å². The van der Waals surface area contributed by atoms with Gasteiger partial charge in [-0.05, 0) is 49.2 Å². The lowest BCUT2D eigenvalue weighted by Gasteiger charge is -2.15. The van der Waals surface area contributed by atoms with E-state index < -0.39 is 17.8 Å². The van der Waals surface area contributed by atoms with Crippen molar-refractivity contribution in [3.63, 3.8) is 0 Å². The summed E-state index contributed by atoms with van der Waals surface area (Å²) in [6.07, 6.45) is 0.115. The number of nitrogens with zero attached hydrogens (tertiary/aromatic N) is 1. The van der Waals surface area contributed by atoms with Crippen LogP contribution in [0.15, 0.2) is 60.7 Å². The van der Waals surface area contributed by atoms with Crippen molar-refractivity contribution >= 4 is 23.5 Å². The Morgan fingerprint density at radius 2 is 1.57 bits per heavy atom. The van der Waals surface area contributed by atoms with Crippen LogP contribution >= 0.6 is 0 Å². The lowest BCUT2D eigenvalue weighted by molar-refractivity contribution is -0.137. The van der Waals surface area contributed by atoms with Crippen molar-refractivity contribution in [1.82, 2.24) is 4.68 Å². The van der Waals surface area contributed by atoms with Gasteiger partial charge < -0.3 is 10.4 Å². The number of aliphatic carboxylic acids is 1. The number of hydrogen-bond donors (Lipinski definition) is 3. The molecule has 0 aliphatic heterocycles. The van der Waals surface area contributed by atoms with Crippen LogP contribution in [0.3, 0.4) is 0 Å². The van der Waals surface area contributed by atoms with Crippen LogP contribution in [0.25, 0.3) is 11.3 Å². The number of carbonyl (C=O) groups excluding carboxylic acids is 2. The van der Waals surface area contributed by atoms with Gasteiger partial charge >= 0.3 is 17.8 Å². The zero-order chi connectivity index (χ0) is 21.7. The van der Waals surface area contributed by atoms with E-state index in [1.54, 1.807) is 24.3 Å². The quantitative estimate of drug-likeness (QED) is 0.547. The highest BCUT2D eigenvalue weighted by Gasteiger charge is 2.19. The Bertz CT molecular complexity index is 1070. The Balaban J connectivity index is 1.84. The minimum Gasteiger partial charge on any atom is -0.481 e. The van der Waals surface area contributed by atoms with Gasteiger partial charge in [0.1, 0.15) is 0 Å². The highest BCUT2D eigenvalue weighted by atomic mass is 16.4. The summed E-state index contributed by atoms with van der Waals surface area (Å²) in [7, 11) is 0. The number of benzene rings is 2. The van der Waals surface area contributed by atoms with E-state index in [1.807, 2.05) is 50.2 Å². The number of carboxylic acid groups (broad SMARTS) is 1. The van der Waals surface area contributed by atoms with Crippen molar-refractivity contribution in [2.24, 2.45) is 0 Å². The Labute approximate surface area is 174 Å². The summed E-state index contributed by atoms with van der Waals surface area (Å²) in [5, 5.41) is 11.6. The van der Waals surface area contributed by atoms with Crippen LogP contribution < -0.4 is 10.7 Å². The second-order valence-corrected chi connectivity index (χ2v) is 7.08. The molecule has 30 heavy (non-hydrogen) atoms. The summed E-state index contributed by atoms with van der Waals surface area (Å²) in [5.41, 5.74) is 7.15. The van der Waals surface area contributed by atoms with Gasteiger partial charge in [-0.15, -0.1) is 0 Å². The van der Waals surface area contributed by atoms with Gasteiger partial charge in [0.2, 0.25) is 0 Å². The summed E-state index contributed by atoms with van der Waals surface area (Å²) in [6, 6.07) is 18.4. The molecule has 0 aliphatic carbocycles. The number of hydrogen-bond acceptors (Lipinski definition) is 3. The minimum atomic E-state index is -0.942. The topological polar surface area (TPSA) is 100 Å². The fourth-order valence-electron chi connectivity index (χ4n) is 3.26. The average molecular weight is 405 g/mol. The van der Waals surface area contributed by atoms with Gasteiger partial charge in [0.25, 0.3) is 0 Å². The predicted molar refractivity (Wildman–Crippen MR) is 115 cm³/mol. The molecule has 7 nitrogen and oxygen atoms in total. The predicted octanol–water partition coefficient (Wildman–Crippen LogP) is 3.50. The first-order valence-electron chi connectivity index (χ1n) is 9.52. The standard InChI is InChI=1S/C23H23N3O4/c1-15-12-16(2)14-18(13-15)24-22(29)23(30)25-26-19(9-11-21(27)28)8-10-20(26)17-6-4-3-5-7-17/h3-8,10,12-14H,9,11H2,1-2H3,(H,24,29)(H,25,30)(H,27,28). The van der Waals surface area contributed by atoms with E-state index in [0.717, 1.165) is 16.7 Å². The third-order valence-corrected chi connectivity index (χ3v) is 4.53. The zero-order valence-electron chi connectivity index (χ0n) is 16.8. The first-order chi connectivity index (χ1) is 14.3. The van der Waals surface area contributed by atoms with Gasteiger partial charge in [-0.1, -0.05) is 36.4 Å². The van der Waals surface area contributed by atoms with E-state index >= 15 is 0 Å². The van der Waals surface area contributed by atoms with Crippen LogP contribution in [0.2, 0.25) is 0 Å². The van der Waals surface area contributed by atoms with Crippen molar-refractivity contribution in [1.29, 1.82) is 0 Å². The molecule has 3 N–H and O–H groups in total. The largest absolute Gasteiger partial charge is 0.481 e. The highest BCUT2D eigenvalue weighted by molar-refractivity contribution is 6.42. The zero-order valence-corrected chi connectivity index (χ0v) is 16.8. The molecule has 0 unspecified atom stereocenters. The van der Waals surface area contributed by atoms with Crippen LogP contribution in [0.5, 0.6) is 0 Å². The number of anilines is 1. The molecule has 0 spiro atoms. The van der Waals surface area contributed by atoms with E-state index in [0.29, 0.717) is 17.1 Å². The number of aryl methyl sites for hydroxylation is 3. The summed E-state index contributed by atoms with van der Waals surface area (Å²) in [6.45, 7) is 3.81. The van der Waals surface area contributed by atoms with Gasteiger partial charge in [0.05, 0.1) is 12.1 Å². The monoisotopic (exact) mass is 405 g/mol. The van der Waals surface area contributed by atoms with Gasteiger partial charge in [-0.25, -0.2) is 0 Å². The molecule has 3 rings (SSSR count). The molecule has 1 aromatic heterocycles. The Morgan fingerprint density at radius 1 is 0.900 bits per heavy atom. The van der Waals surface area contributed by atoms with E-state index in [9.17, 15) is 14.4 Å². The first kappa shape index (κ1) is 20.9. The number of carboxylic acids is 1. The number of amides is 2. The summed E-state index contributed by atoms with van der Waals surface area (Å²) >= 11 is 0. The molecule has 1 heterocycles. The van der Waals surface area contributed by atoms with Gasteiger partial charge in [-0.2, -0.15) is 0 Å². The van der Waals surface area contributed by atoms with Gasteiger partial charge in [0, 0.05) is 23.4 Å². The van der Waals surface area contributed by atoms with Crippen LogP contribution in [-0.4, -0.2) is 27.6 Å². The molecule has 0 fully saturated rings. The molecule has 0 atom stereocenters. The molecule has 3 aromatic rings. The molecular weight excluding hydrogens is 382 g/mol. The lowest BCUT2D eigenvalue weighted by atomic mass is 10.1. The van der Waals surface area contributed by atoms with Crippen molar-refractivity contribution in [2.45, 2.75) is 26.7 Å². The van der Waals surface area contributed by atoms with Crippen molar-refractivity contribution < 1.29 is 19.5 Å². The smallest absolute Gasteiger partial charge is 0.328 e. The molecule has 0 aliphatic rings. The maximum Gasteiger partial charge on any atom is 0.328 e. The third kappa shape index (κ3) is 5.14. The van der Waals surface area contributed by atoms with Crippen LogP contribution in [0.4, 0.5) is 5.69 Å². The molecule has 0 radical (unpaired) electrons. The number of aromatic nitrogens is 1. The van der Waals surface area contributed by atoms with Crippen LogP contribution in [0, 0.1) is 13.8 Å². The fraction of sp³-hybridized carbons (Fsp3) is 0.174. The highest BCUT2D eigenvalue weighted by Crippen LogP contribution is 2.22. The fourth-order valence-corrected chi connectivity index (χ4v) is 3.26. The molecule has 2 amide bonds. The molecule has 2 aromatic carbocycles.